The fourth-order valence-electron chi connectivity index (χ4n) is 4.82. The minimum Gasteiger partial charge on any atom is -0.489 e. The number of aromatic nitrogens is 2. The molecule has 3 aromatic rings. The summed E-state index contributed by atoms with van der Waals surface area (Å²) >= 11 is 0. The van der Waals surface area contributed by atoms with Crippen LogP contribution in [0.3, 0.4) is 0 Å². The highest BCUT2D eigenvalue weighted by atomic mass is 19.1. The van der Waals surface area contributed by atoms with E-state index in [4.69, 9.17) is 24.1 Å². The van der Waals surface area contributed by atoms with Crippen LogP contribution in [-0.4, -0.2) is 91.3 Å². The van der Waals surface area contributed by atoms with Crippen molar-refractivity contribution < 1.29 is 38.0 Å². The van der Waals surface area contributed by atoms with Crippen molar-refractivity contribution in [3.05, 3.63) is 69.5 Å². The molecule has 0 atom stereocenters. The van der Waals surface area contributed by atoms with Crippen molar-refractivity contribution >= 4 is 22.8 Å². The largest absolute Gasteiger partial charge is 0.489 e. The topological polar surface area (TPSA) is 141 Å². The maximum Gasteiger partial charge on any atom is 0.305 e. The lowest BCUT2D eigenvalue weighted by Gasteiger charge is -2.19. The first-order valence-corrected chi connectivity index (χ1v) is 15.5. The van der Waals surface area contributed by atoms with E-state index in [0.717, 1.165) is 24.1 Å². The first-order valence-electron chi connectivity index (χ1n) is 15.5. The molecule has 0 unspecified atom stereocenters. The maximum absolute atomic E-state index is 15.1. The summed E-state index contributed by atoms with van der Waals surface area (Å²) in [6.45, 7) is 4.83. The molecule has 46 heavy (non-hydrogen) atoms. The second-order valence-electron chi connectivity index (χ2n) is 11.2. The van der Waals surface area contributed by atoms with Crippen LogP contribution in [0.1, 0.15) is 48.5 Å². The van der Waals surface area contributed by atoms with Crippen LogP contribution in [0.5, 0.6) is 5.75 Å². The first-order chi connectivity index (χ1) is 22.2. The molecule has 1 aliphatic carbocycles. The minimum atomic E-state index is -0.909. The SMILES string of the molecule is Cc1cc(CNCc2cn(C3CC3)c3cc(OCCN(C)C(=O)CCOCCOCCOCCC(=O)O)c(F)cc3c2=O)ccn1. The molecule has 0 saturated heterocycles. The van der Waals surface area contributed by atoms with Gasteiger partial charge in [0.2, 0.25) is 5.91 Å². The van der Waals surface area contributed by atoms with Gasteiger partial charge >= 0.3 is 5.97 Å². The lowest BCUT2D eigenvalue weighted by Crippen LogP contribution is -2.31. The Bertz CT molecular complexity index is 1530. The quantitative estimate of drug-likeness (QED) is 0.166. The molecule has 12 nitrogen and oxygen atoms in total. The second kappa shape index (κ2) is 17.7. The van der Waals surface area contributed by atoms with Crippen LogP contribution in [0, 0.1) is 12.7 Å². The molecule has 250 valence electrons. The molecule has 1 aromatic carbocycles. The van der Waals surface area contributed by atoms with E-state index in [1.54, 1.807) is 19.3 Å². The highest BCUT2D eigenvalue weighted by molar-refractivity contribution is 5.81. The third kappa shape index (κ3) is 10.9. The van der Waals surface area contributed by atoms with Gasteiger partial charge in [0.25, 0.3) is 0 Å². The summed E-state index contributed by atoms with van der Waals surface area (Å²) in [7, 11) is 1.64. The molecule has 0 aliphatic heterocycles. The third-order valence-electron chi connectivity index (χ3n) is 7.48. The van der Waals surface area contributed by atoms with Crippen LogP contribution in [0.15, 0.2) is 41.5 Å². The van der Waals surface area contributed by atoms with Gasteiger partial charge in [0.15, 0.2) is 17.0 Å². The van der Waals surface area contributed by atoms with Gasteiger partial charge in [0.05, 0.1) is 64.5 Å². The van der Waals surface area contributed by atoms with E-state index >= 15 is 4.39 Å². The molecule has 2 aromatic heterocycles. The number of pyridine rings is 2. The average Bonchev–Trinajstić information content (AvgIpc) is 3.87. The lowest BCUT2D eigenvalue weighted by atomic mass is 10.1. The number of likely N-dealkylation sites (N-methyl/N-ethyl adjacent to an activating group) is 1. The van der Waals surface area contributed by atoms with Gasteiger partial charge in [-0.05, 0) is 43.5 Å². The molecular formula is C33H43FN4O8. The number of halogens is 1. The number of carboxylic acids is 1. The summed E-state index contributed by atoms with van der Waals surface area (Å²) < 4.78 is 38.8. The van der Waals surface area contributed by atoms with Gasteiger partial charge in [0, 0.05) is 61.3 Å². The van der Waals surface area contributed by atoms with Crippen LogP contribution < -0.4 is 15.5 Å². The first kappa shape index (κ1) is 35.0. The van der Waals surface area contributed by atoms with E-state index in [2.05, 4.69) is 10.3 Å². The van der Waals surface area contributed by atoms with Crippen LogP contribution in [-0.2, 0) is 36.9 Å². The van der Waals surface area contributed by atoms with E-state index in [0.29, 0.717) is 56.0 Å². The molecule has 1 amide bonds. The molecule has 1 aliphatic rings. The summed E-state index contributed by atoms with van der Waals surface area (Å²) in [6, 6.07) is 7.01. The zero-order chi connectivity index (χ0) is 32.9. The Morgan fingerprint density at radius 2 is 1.72 bits per heavy atom. The number of nitrogens with zero attached hydrogens (tertiary/aromatic N) is 3. The van der Waals surface area contributed by atoms with E-state index in [1.165, 1.54) is 11.0 Å². The highest BCUT2D eigenvalue weighted by Gasteiger charge is 2.26. The number of carbonyl (C=O) groups is 2. The smallest absolute Gasteiger partial charge is 0.305 e. The van der Waals surface area contributed by atoms with Gasteiger partial charge in [0.1, 0.15) is 6.61 Å². The van der Waals surface area contributed by atoms with Crippen LogP contribution in [0.25, 0.3) is 10.9 Å². The van der Waals surface area contributed by atoms with E-state index < -0.39 is 11.8 Å². The number of carbonyl (C=O) groups excluding carboxylic acids is 1. The Morgan fingerprint density at radius 1 is 1.02 bits per heavy atom. The van der Waals surface area contributed by atoms with Gasteiger partial charge < -0.3 is 38.8 Å². The predicted molar refractivity (Wildman–Crippen MR) is 168 cm³/mol. The Morgan fingerprint density at radius 3 is 2.39 bits per heavy atom. The van der Waals surface area contributed by atoms with Crippen LogP contribution >= 0.6 is 0 Å². The fraction of sp³-hybridized carbons (Fsp3) is 0.515. The zero-order valence-electron chi connectivity index (χ0n) is 26.5. The maximum atomic E-state index is 15.1. The number of fused-ring (bicyclic) bond motifs is 1. The van der Waals surface area contributed by atoms with E-state index in [-0.39, 0.29) is 62.3 Å². The molecule has 0 radical (unpaired) electrons. The summed E-state index contributed by atoms with van der Waals surface area (Å²) in [4.78, 5) is 41.9. The number of aliphatic carboxylic acids is 1. The number of amides is 1. The predicted octanol–water partition coefficient (Wildman–Crippen LogP) is 3.22. The van der Waals surface area contributed by atoms with Crippen molar-refractivity contribution in [2.45, 2.75) is 51.7 Å². The number of benzene rings is 1. The molecule has 13 heteroatoms. The summed E-state index contributed by atoms with van der Waals surface area (Å²) in [5, 5.41) is 12.2. The van der Waals surface area contributed by atoms with Crippen molar-refractivity contribution in [1.82, 2.24) is 19.8 Å². The molecule has 0 spiro atoms. The molecule has 4 rings (SSSR count). The lowest BCUT2D eigenvalue weighted by molar-refractivity contribution is -0.138. The molecule has 2 heterocycles. The average molecular weight is 643 g/mol. The molecular weight excluding hydrogens is 599 g/mol. The number of hydrogen-bond donors (Lipinski definition) is 2. The zero-order valence-corrected chi connectivity index (χ0v) is 26.5. The number of hydrogen-bond acceptors (Lipinski definition) is 9. The molecule has 1 fully saturated rings. The van der Waals surface area contributed by atoms with Crippen molar-refractivity contribution in [1.29, 1.82) is 0 Å². The van der Waals surface area contributed by atoms with E-state index in [1.807, 2.05) is 29.8 Å². The third-order valence-corrected chi connectivity index (χ3v) is 7.48. The minimum absolute atomic E-state index is 0.0386. The monoisotopic (exact) mass is 642 g/mol. The van der Waals surface area contributed by atoms with Crippen molar-refractivity contribution in [2.75, 3.05) is 59.8 Å². The number of rotatable bonds is 21. The Hall–Kier alpha value is -3.91. The van der Waals surface area contributed by atoms with Crippen LogP contribution in [0.4, 0.5) is 4.39 Å². The Labute approximate surface area is 267 Å². The van der Waals surface area contributed by atoms with Crippen molar-refractivity contribution in [2.24, 2.45) is 0 Å². The van der Waals surface area contributed by atoms with Crippen molar-refractivity contribution in [3.8, 4) is 5.75 Å². The number of nitrogens with one attached hydrogen (secondary N) is 1. The van der Waals surface area contributed by atoms with Crippen LogP contribution in [0.2, 0.25) is 0 Å². The molecule has 1 saturated carbocycles. The van der Waals surface area contributed by atoms with Gasteiger partial charge in [-0.2, -0.15) is 0 Å². The highest BCUT2D eigenvalue weighted by Crippen LogP contribution is 2.38. The summed E-state index contributed by atoms with van der Waals surface area (Å²) in [6.07, 6.45) is 5.73. The normalized spacial score (nSPS) is 12.8. The Kier molecular flexibility index (Phi) is 13.4. The number of carboxylic acid groups (broad SMARTS) is 1. The number of ether oxygens (including phenoxy) is 4. The standard InChI is InChI=1S/C33H43FN4O8/c1-23-17-24(5-8-36-23)20-35-21-25-22-38(26-3-4-26)29-19-30(28(34)18-27(29)33(25)42)46-12-9-37(2)31(39)6-10-43-13-15-45-16-14-44-11-7-32(40)41/h5,8,17-19,22,26,35H,3-4,6-7,9-16,20-21H2,1-2H3,(H,40,41). The van der Waals surface area contributed by atoms with Gasteiger partial charge in [-0.25, -0.2) is 4.39 Å². The van der Waals surface area contributed by atoms with Gasteiger partial charge in [-0.15, -0.1) is 0 Å². The van der Waals surface area contributed by atoms with E-state index in [9.17, 15) is 14.4 Å². The van der Waals surface area contributed by atoms with Gasteiger partial charge in [-0.1, -0.05) is 0 Å². The summed E-state index contributed by atoms with van der Waals surface area (Å²) in [5.41, 5.74) is 3.00. The summed E-state index contributed by atoms with van der Waals surface area (Å²) in [5.74, 6) is -1.64. The molecule has 0 bridgehead atoms. The molecule has 2 N–H and O–H groups in total. The Balaban J connectivity index is 1.21. The number of aryl methyl sites for hydroxylation is 1. The second-order valence-corrected chi connectivity index (χ2v) is 11.2. The van der Waals surface area contributed by atoms with Crippen molar-refractivity contribution in [3.63, 3.8) is 0 Å². The van der Waals surface area contributed by atoms with Gasteiger partial charge in [-0.3, -0.25) is 19.4 Å². The fourth-order valence-corrected chi connectivity index (χ4v) is 4.82.